The lowest BCUT2D eigenvalue weighted by Crippen LogP contribution is -2.15. The quantitative estimate of drug-likeness (QED) is 0.853. The number of carbonyl (C=O) groups is 1. The molecule has 0 unspecified atom stereocenters. The third-order valence-electron chi connectivity index (χ3n) is 2.07. The second-order valence-corrected chi connectivity index (χ2v) is 3.74. The summed E-state index contributed by atoms with van der Waals surface area (Å²) in [5, 5.41) is 2.53. The maximum Gasteiger partial charge on any atom is 0.335 e. The van der Waals surface area contributed by atoms with Crippen molar-refractivity contribution in [1.82, 2.24) is 9.97 Å². The average molecular weight is 282 g/mol. The van der Waals surface area contributed by atoms with Gasteiger partial charge in [-0.3, -0.25) is 10.1 Å². The first-order chi connectivity index (χ1) is 9.08. The molecule has 0 spiro atoms. The molecule has 0 bridgehead atoms. The molecule has 1 N–H and O–H groups in total. The van der Waals surface area contributed by atoms with Crippen LogP contribution in [0.25, 0.3) is 0 Å². The van der Waals surface area contributed by atoms with Crippen molar-refractivity contribution in [3.63, 3.8) is 0 Å². The van der Waals surface area contributed by atoms with E-state index in [1.54, 1.807) is 0 Å². The molecule has 0 aliphatic carbocycles. The highest BCUT2D eigenvalue weighted by Gasteiger charge is 2.10. The molecule has 0 saturated heterocycles. The van der Waals surface area contributed by atoms with Gasteiger partial charge in [-0.05, 0) is 6.07 Å². The minimum absolute atomic E-state index is 0.0134. The molecule has 2 heterocycles. The van der Waals surface area contributed by atoms with Gasteiger partial charge in [0.2, 0.25) is 11.8 Å². The van der Waals surface area contributed by atoms with Crippen LogP contribution in [-0.2, 0) is 0 Å². The fraction of sp³-hybridized carbons (Fsp3) is 0.0909. The monoisotopic (exact) mass is 281 g/mol. The molecule has 0 atom stereocenters. The van der Waals surface area contributed by atoms with E-state index in [2.05, 4.69) is 19.7 Å². The summed E-state index contributed by atoms with van der Waals surface area (Å²) >= 11 is 5.74. The SMILES string of the molecule is COc1cc(Cl)nc(NC(=O)c2ccc(=O)oc2)n1. The van der Waals surface area contributed by atoms with Crippen LogP contribution >= 0.6 is 11.6 Å². The van der Waals surface area contributed by atoms with E-state index >= 15 is 0 Å². The zero-order valence-electron chi connectivity index (χ0n) is 9.71. The number of anilines is 1. The number of halogens is 1. The van der Waals surface area contributed by atoms with E-state index in [0.29, 0.717) is 0 Å². The Hall–Kier alpha value is -2.41. The molecule has 0 fully saturated rings. The second kappa shape index (κ2) is 5.49. The lowest BCUT2D eigenvalue weighted by atomic mass is 10.3. The summed E-state index contributed by atoms with van der Waals surface area (Å²) in [6.07, 6.45) is 1.04. The number of nitrogens with zero attached hydrogens (tertiary/aromatic N) is 2. The molecule has 0 saturated carbocycles. The maximum absolute atomic E-state index is 11.8. The fourth-order valence-electron chi connectivity index (χ4n) is 1.22. The summed E-state index contributed by atoms with van der Waals surface area (Å²) in [5.41, 5.74) is -0.389. The van der Waals surface area contributed by atoms with Crippen LogP contribution in [0.15, 0.2) is 33.7 Å². The van der Waals surface area contributed by atoms with Gasteiger partial charge in [0.1, 0.15) is 11.4 Å². The molecule has 98 valence electrons. The first-order valence-corrected chi connectivity index (χ1v) is 5.45. The van der Waals surface area contributed by atoms with Crippen molar-refractivity contribution >= 4 is 23.5 Å². The van der Waals surface area contributed by atoms with Crippen LogP contribution in [0.5, 0.6) is 5.88 Å². The number of carbonyl (C=O) groups excluding carboxylic acids is 1. The Balaban J connectivity index is 2.21. The van der Waals surface area contributed by atoms with Gasteiger partial charge in [-0.2, -0.15) is 4.98 Å². The lowest BCUT2D eigenvalue weighted by molar-refractivity contribution is 0.102. The summed E-state index contributed by atoms with van der Waals surface area (Å²) in [5.74, 6) is -0.330. The largest absolute Gasteiger partial charge is 0.481 e. The normalized spacial score (nSPS) is 10.0. The molecular formula is C11H8ClN3O4. The van der Waals surface area contributed by atoms with Gasteiger partial charge in [0, 0.05) is 12.1 Å². The lowest BCUT2D eigenvalue weighted by Gasteiger charge is -2.05. The van der Waals surface area contributed by atoms with Gasteiger partial charge in [0.15, 0.2) is 0 Å². The van der Waals surface area contributed by atoms with Gasteiger partial charge in [-0.15, -0.1) is 0 Å². The molecule has 2 aromatic rings. The van der Waals surface area contributed by atoms with E-state index < -0.39 is 11.5 Å². The fourth-order valence-corrected chi connectivity index (χ4v) is 1.39. The highest BCUT2D eigenvalue weighted by molar-refractivity contribution is 6.29. The molecule has 19 heavy (non-hydrogen) atoms. The van der Waals surface area contributed by atoms with Gasteiger partial charge >= 0.3 is 5.63 Å². The number of amides is 1. The molecule has 7 nitrogen and oxygen atoms in total. The van der Waals surface area contributed by atoms with Crippen LogP contribution in [0.2, 0.25) is 5.15 Å². The minimum atomic E-state index is -0.544. The summed E-state index contributed by atoms with van der Waals surface area (Å²) in [4.78, 5) is 30.3. The maximum atomic E-state index is 11.8. The van der Waals surface area contributed by atoms with E-state index in [1.165, 1.54) is 19.2 Å². The third kappa shape index (κ3) is 3.29. The van der Waals surface area contributed by atoms with Crippen molar-refractivity contribution in [1.29, 1.82) is 0 Å². The van der Waals surface area contributed by atoms with Gasteiger partial charge in [0.25, 0.3) is 5.91 Å². The Morgan fingerprint density at radius 3 is 2.84 bits per heavy atom. The van der Waals surface area contributed by atoms with Crippen molar-refractivity contribution in [2.45, 2.75) is 0 Å². The van der Waals surface area contributed by atoms with Crippen LogP contribution in [0, 0.1) is 0 Å². The number of aromatic nitrogens is 2. The number of hydrogen-bond donors (Lipinski definition) is 1. The highest BCUT2D eigenvalue weighted by atomic mass is 35.5. The molecule has 1 amide bonds. The van der Waals surface area contributed by atoms with E-state index in [-0.39, 0.29) is 22.5 Å². The van der Waals surface area contributed by atoms with E-state index in [9.17, 15) is 9.59 Å². The van der Waals surface area contributed by atoms with Crippen LogP contribution in [0.3, 0.4) is 0 Å². The Kier molecular flexibility index (Phi) is 3.76. The van der Waals surface area contributed by atoms with Crippen LogP contribution in [0.1, 0.15) is 10.4 Å². The Bertz CT molecular complexity index is 651. The predicted molar refractivity (Wildman–Crippen MR) is 66.5 cm³/mol. The van der Waals surface area contributed by atoms with Crippen LogP contribution in [0.4, 0.5) is 5.95 Å². The van der Waals surface area contributed by atoms with Gasteiger partial charge < -0.3 is 9.15 Å². The Morgan fingerprint density at radius 1 is 1.42 bits per heavy atom. The summed E-state index contributed by atoms with van der Waals surface area (Å²) in [7, 11) is 1.41. The number of methoxy groups -OCH3 is 1. The van der Waals surface area contributed by atoms with E-state index in [4.69, 9.17) is 16.3 Å². The van der Waals surface area contributed by atoms with E-state index in [0.717, 1.165) is 12.3 Å². The van der Waals surface area contributed by atoms with Gasteiger partial charge in [-0.25, -0.2) is 9.78 Å². The number of hydrogen-bond acceptors (Lipinski definition) is 6. The van der Waals surface area contributed by atoms with Gasteiger partial charge in [-0.1, -0.05) is 11.6 Å². The molecule has 2 rings (SSSR count). The molecule has 2 aromatic heterocycles. The van der Waals surface area contributed by atoms with Gasteiger partial charge in [0.05, 0.1) is 12.7 Å². The number of ether oxygens (including phenoxy) is 1. The van der Waals surface area contributed by atoms with E-state index in [1.807, 2.05) is 0 Å². The second-order valence-electron chi connectivity index (χ2n) is 3.35. The first-order valence-electron chi connectivity index (χ1n) is 5.07. The molecule has 8 heteroatoms. The molecule has 0 aliphatic rings. The first kappa shape index (κ1) is 13.0. The topological polar surface area (TPSA) is 94.3 Å². The standard InChI is InChI=1S/C11H8ClN3O4/c1-18-8-4-7(12)13-11(14-8)15-10(17)6-2-3-9(16)19-5-6/h2-5H,1H3,(H,13,14,15,17). The molecular weight excluding hydrogens is 274 g/mol. The van der Waals surface area contributed by atoms with Crippen LogP contribution < -0.4 is 15.7 Å². The predicted octanol–water partition coefficient (Wildman–Crippen LogP) is 1.34. The summed E-state index contributed by atoms with van der Waals surface area (Å²) < 4.78 is 9.47. The highest BCUT2D eigenvalue weighted by Crippen LogP contribution is 2.16. The summed E-state index contributed by atoms with van der Waals surface area (Å²) in [6.45, 7) is 0. The molecule has 0 aliphatic heterocycles. The van der Waals surface area contributed by atoms with Crippen molar-refractivity contribution in [2.24, 2.45) is 0 Å². The molecule has 0 aromatic carbocycles. The summed E-state index contributed by atoms with van der Waals surface area (Å²) in [6, 6.07) is 3.86. The smallest absolute Gasteiger partial charge is 0.335 e. The van der Waals surface area contributed by atoms with Crippen molar-refractivity contribution in [3.05, 3.63) is 45.6 Å². The van der Waals surface area contributed by atoms with Crippen LogP contribution in [-0.4, -0.2) is 23.0 Å². The zero-order chi connectivity index (χ0) is 13.8. The minimum Gasteiger partial charge on any atom is -0.481 e. The van der Waals surface area contributed by atoms with Crippen molar-refractivity contribution in [3.8, 4) is 5.88 Å². The van der Waals surface area contributed by atoms with Crippen molar-refractivity contribution < 1.29 is 13.9 Å². The third-order valence-corrected chi connectivity index (χ3v) is 2.26. The number of rotatable bonds is 3. The molecule has 0 radical (unpaired) electrons. The Morgan fingerprint density at radius 2 is 2.21 bits per heavy atom. The Labute approximate surface area is 112 Å². The van der Waals surface area contributed by atoms with Crippen molar-refractivity contribution in [2.75, 3.05) is 12.4 Å². The number of nitrogens with one attached hydrogen (secondary N) is 1. The zero-order valence-corrected chi connectivity index (χ0v) is 10.5. The average Bonchev–Trinajstić information content (AvgIpc) is 2.38.